The second-order valence-electron chi connectivity index (χ2n) is 4.36. The average Bonchev–Trinajstić information content (AvgIpc) is 2.74. The number of halogens is 1. The largest absolute Gasteiger partial charge is 0.398 e. The first-order chi connectivity index (χ1) is 9.38. The fraction of sp³-hybridized carbons (Fsp3) is 0.250. The highest BCUT2D eigenvalue weighted by atomic mass is 79.9. The topological polar surface area (TPSA) is 90.0 Å². The summed E-state index contributed by atoms with van der Waals surface area (Å²) in [6, 6.07) is 4.67. The van der Waals surface area contributed by atoms with Gasteiger partial charge < -0.3 is 5.73 Å². The van der Waals surface area contributed by atoms with Crippen LogP contribution in [0.15, 0.2) is 40.0 Å². The summed E-state index contributed by atoms with van der Waals surface area (Å²) < 4.78 is 29.2. The molecule has 0 aliphatic rings. The Labute approximate surface area is 126 Å². The number of hydrogen-bond donors (Lipinski definition) is 2. The van der Waals surface area contributed by atoms with Gasteiger partial charge in [0.2, 0.25) is 10.0 Å². The first-order valence-corrected chi connectivity index (χ1v) is 8.20. The van der Waals surface area contributed by atoms with Crippen molar-refractivity contribution in [3.8, 4) is 0 Å². The molecule has 0 bridgehead atoms. The summed E-state index contributed by atoms with van der Waals surface area (Å²) in [7, 11) is -3.61. The molecule has 6 nitrogen and oxygen atoms in total. The molecule has 2 rings (SSSR count). The number of anilines is 1. The molecule has 0 radical (unpaired) electrons. The van der Waals surface area contributed by atoms with Crippen molar-refractivity contribution in [1.82, 2.24) is 14.5 Å². The minimum absolute atomic E-state index is 0.0809. The van der Waals surface area contributed by atoms with Gasteiger partial charge >= 0.3 is 0 Å². The van der Waals surface area contributed by atoms with Gasteiger partial charge in [0.25, 0.3) is 0 Å². The van der Waals surface area contributed by atoms with Crippen LogP contribution in [0.3, 0.4) is 0 Å². The van der Waals surface area contributed by atoms with Gasteiger partial charge in [-0.25, -0.2) is 13.1 Å². The van der Waals surface area contributed by atoms with Crippen LogP contribution in [0.1, 0.15) is 5.56 Å². The molecule has 3 N–H and O–H groups in total. The lowest BCUT2D eigenvalue weighted by Gasteiger charge is -2.09. The van der Waals surface area contributed by atoms with E-state index in [1.165, 1.54) is 6.07 Å². The van der Waals surface area contributed by atoms with Gasteiger partial charge in [0, 0.05) is 17.2 Å². The van der Waals surface area contributed by atoms with Crippen LogP contribution in [0.4, 0.5) is 5.69 Å². The number of nitrogens with one attached hydrogen (secondary N) is 1. The quantitative estimate of drug-likeness (QED) is 0.792. The molecule has 1 aromatic carbocycles. The molecule has 0 amide bonds. The molecule has 8 heteroatoms. The molecule has 0 atom stereocenters. The van der Waals surface area contributed by atoms with E-state index in [0.717, 1.165) is 10.0 Å². The molecule has 0 aliphatic carbocycles. The standard InChI is InChI=1S/C12H15BrN4O2S/c1-9-7-15-17(8-9)5-4-16-20(18,19)12-3-2-10(13)6-11(12)14/h2-3,6-8,16H,4-5,14H2,1H3. The average molecular weight is 359 g/mol. The highest BCUT2D eigenvalue weighted by Crippen LogP contribution is 2.22. The van der Waals surface area contributed by atoms with Crippen molar-refractivity contribution >= 4 is 31.6 Å². The molecule has 0 unspecified atom stereocenters. The molecule has 0 saturated heterocycles. The van der Waals surface area contributed by atoms with E-state index < -0.39 is 10.0 Å². The molecular formula is C12H15BrN4O2S. The fourth-order valence-electron chi connectivity index (χ4n) is 1.73. The van der Waals surface area contributed by atoms with Gasteiger partial charge in [-0.1, -0.05) is 15.9 Å². The van der Waals surface area contributed by atoms with Gasteiger partial charge in [0.05, 0.1) is 18.4 Å². The van der Waals surface area contributed by atoms with Gasteiger partial charge in [-0.2, -0.15) is 5.10 Å². The molecule has 1 aromatic heterocycles. The summed E-state index contributed by atoms with van der Waals surface area (Å²) in [5.41, 5.74) is 6.97. The molecule has 0 saturated carbocycles. The molecule has 0 fully saturated rings. The third kappa shape index (κ3) is 3.59. The van der Waals surface area contributed by atoms with E-state index in [4.69, 9.17) is 5.73 Å². The van der Waals surface area contributed by atoms with Crippen molar-refractivity contribution in [2.24, 2.45) is 0 Å². The molecule has 2 aromatic rings. The monoisotopic (exact) mass is 358 g/mol. The number of nitrogen functional groups attached to an aromatic ring is 1. The summed E-state index contributed by atoms with van der Waals surface area (Å²) in [5, 5.41) is 4.09. The minimum Gasteiger partial charge on any atom is -0.398 e. The Morgan fingerprint density at radius 1 is 1.45 bits per heavy atom. The highest BCUT2D eigenvalue weighted by Gasteiger charge is 2.16. The SMILES string of the molecule is Cc1cnn(CCNS(=O)(=O)c2ccc(Br)cc2N)c1. The second-order valence-corrected chi connectivity index (χ2v) is 7.01. The number of nitrogens with two attached hydrogens (primary N) is 1. The molecular weight excluding hydrogens is 344 g/mol. The lowest BCUT2D eigenvalue weighted by atomic mass is 10.3. The van der Waals surface area contributed by atoms with Gasteiger partial charge in [-0.05, 0) is 30.7 Å². The van der Waals surface area contributed by atoms with E-state index >= 15 is 0 Å². The van der Waals surface area contributed by atoms with Crippen LogP contribution in [0.2, 0.25) is 0 Å². The maximum absolute atomic E-state index is 12.1. The Bertz CT molecular complexity index is 712. The van der Waals surface area contributed by atoms with Crippen molar-refractivity contribution in [2.45, 2.75) is 18.4 Å². The second kappa shape index (κ2) is 5.94. The van der Waals surface area contributed by atoms with Gasteiger partial charge in [-0.15, -0.1) is 0 Å². The highest BCUT2D eigenvalue weighted by molar-refractivity contribution is 9.10. The molecule has 0 aliphatic heterocycles. The van der Waals surface area contributed by atoms with Crippen LogP contribution in [-0.2, 0) is 16.6 Å². The lowest BCUT2D eigenvalue weighted by molar-refractivity contribution is 0.561. The summed E-state index contributed by atoms with van der Waals surface area (Å²) in [6.07, 6.45) is 3.57. The Hall–Kier alpha value is -1.38. The maximum Gasteiger partial charge on any atom is 0.242 e. The number of rotatable bonds is 5. The van der Waals surface area contributed by atoms with Crippen LogP contribution >= 0.6 is 15.9 Å². The third-order valence-electron chi connectivity index (χ3n) is 2.66. The van der Waals surface area contributed by atoms with Crippen LogP contribution in [0.25, 0.3) is 0 Å². The van der Waals surface area contributed by atoms with E-state index in [9.17, 15) is 8.42 Å². The van der Waals surface area contributed by atoms with Crippen LogP contribution in [-0.4, -0.2) is 24.7 Å². The normalized spacial score (nSPS) is 11.7. The van der Waals surface area contributed by atoms with Crippen LogP contribution < -0.4 is 10.5 Å². The number of aryl methyl sites for hydroxylation is 1. The molecule has 20 heavy (non-hydrogen) atoms. The summed E-state index contributed by atoms with van der Waals surface area (Å²) in [5.74, 6) is 0. The van der Waals surface area contributed by atoms with Crippen LogP contribution in [0.5, 0.6) is 0 Å². The molecule has 0 spiro atoms. The van der Waals surface area contributed by atoms with Crippen LogP contribution in [0, 0.1) is 6.92 Å². The van der Waals surface area contributed by atoms with E-state index in [1.807, 2.05) is 13.1 Å². The van der Waals surface area contributed by atoms with E-state index in [0.29, 0.717) is 6.54 Å². The van der Waals surface area contributed by atoms with Crippen molar-refractivity contribution in [3.05, 3.63) is 40.6 Å². The van der Waals surface area contributed by atoms with Crippen molar-refractivity contribution in [3.63, 3.8) is 0 Å². The minimum atomic E-state index is -3.61. The van der Waals surface area contributed by atoms with E-state index in [2.05, 4.69) is 25.8 Å². The molecule has 108 valence electrons. The maximum atomic E-state index is 12.1. The first-order valence-electron chi connectivity index (χ1n) is 5.92. The van der Waals surface area contributed by atoms with Gasteiger partial charge in [-0.3, -0.25) is 4.68 Å². The van der Waals surface area contributed by atoms with E-state index in [-0.39, 0.29) is 17.1 Å². The van der Waals surface area contributed by atoms with Gasteiger partial charge in [0.1, 0.15) is 4.90 Å². The number of nitrogens with zero attached hydrogens (tertiary/aromatic N) is 2. The Balaban J connectivity index is 2.04. The summed E-state index contributed by atoms with van der Waals surface area (Å²) in [4.78, 5) is 0.0809. The van der Waals surface area contributed by atoms with Gasteiger partial charge in [0.15, 0.2) is 0 Å². The van der Waals surface area contributed by atoms with E-state index in [1.54, 1.807) is 23.0 Å². The number of benzene rings is 1. The Kier molecular flexibility index (Phi) is 4.46. The Morgan fingerprint density at radius 3 is 2.80 bits per heavy atom. The van der Waals surface area contributed by atoms with Crippen molar-refractivity contribution < 1.29 is 8.42 Å². The predicted octanol–water partition coefficient (Wildman–Crippen LogP) is 1.51. The smallest absolute Gasteiger partial charge is 0.242 e. The fourth-order valence-corrected chi connectivity index (χ4v) is 3.24. The Morgan fingerprint density at radius 2 is 2.20 bits per heavy atom. The lowest BCUT2D eigenvalue weighted by Crippen LogP contribution is -2.28. The zero-order valence-electron chi connectivity index (χ0n) is 10.9. The number of sulfonamides is 1. The predicted molar refractivity (Wildman–Crippen MR) is 80.7 cm³/mol. The zero-order chi connectivity index (χ0) is 14.8. The summed E-state index contributed by atoms with van der Waals surface area (Å²) >= 11 is 3.24. The van der Waals surface area contributed by atoms with Crippen molar-refractivity contribution in [2.75, 3.05) is 12.3 Å². The van der Waals surface area contributed by atoms with Crippen molar-refractivity contribution in [1.29, 1.82) is 0 Å². The first kappa shape index (κ1) is 15.0. The number of hydrogen-bond acceptors (Lipinski definition) is 4. The summed E-state index contributed by atoms with van der Waals surface area (Å²) in [6.45, 7) is 2.64. The zero-order valence-corrected chi connectivity index (χ0v) is 13.3. The molecule has 1 heterocycles. The number of aromatic nitrogens is 2. The third-order valence-corrected chi connectivity index (χ3v) is 4.68.